The van der Waals surface area contributed by atoms with Crippen molar-refractivity contribution < 1.29 is 19.2 Å². The molecule has 0 radical (unpaired) electrons. The summed E-state index contributed by atoms with van der Waals surface area (Å²) in [7, 11) is 1.55. The van der Waals surface area contributed by atoms with Crippen LogP contribution < -0.4 is 10.2 Å². The number of piperazine rings is 1. The second kappa shape index (κ2) is 11.8. The maximum atomic E-state index is 13.0. The van der Waals surface area contributed by atoms with Crippen molar-refractivity contribution >= 4 is 30.1 Å². The Hall–Kier alpha value is -2.78. The number of fused-ring (bicyclic) bond motifs is 1. The van der Waals surface area contributed by atoms with Crippen LogP contribution in [-0.2, 0) is 20.9 Å². The van der Waals surface area contributed by atoms with Crippen molar-refractivity contribution in [2.24, 2.45) is 5.92 Å². The summed E-state index contributed by atoms with van der Waals surface area (Å²) in [6, 6.07) is 5.35. The predicted molar refractivity (Wildman–Crippen MR) is 133 cm³/mol. The molecular weight excluding hydrogens is 446 g/mol. The summed E-state index contributed by atoms with van der Waals surface area (Å²) in [5.41, 5.74) is 2.70. The van der Waals surface area contributed by atoms with Crippen LogP contribution in [-0.4, -0.2) is 105 Å². The number of amides is 2. The number of hydrogen-bond acceptors (Lipinski definition) is 7. The molecule has 9 nitrogen and oxygen atoms in total. The Morgan fingerprint density at radius 3 is 2.46 bits per heavy atom. The zero-order valence-corrected chi connectivity index (χ0v) is 20.7. The van der Waals surface area contributed by atoms with Gasteiger partial charge in [0.1, 0.15) is 18.6 Å². The van der Waals surface area contributed by atoms with Gasteiger partial charge in [-0.1, -0.05) is 0 Å². The Balaban J connectivity index is 1.32. The van der Waals surface area contributed by atoms with Gasteiger partial charge >= 0.3 is 0 Å². The summed E-state index contributed by atoms with van der Waals surface area (Å²) in [5.74, 6) is 0.322. The molecule has 1 N–H and O–H groups in total. The fourth-order valence-electron chi connectivity index (χ4n) is 5.61. The molecule has 190 valence electrons. The maximum Gasteiger partial charge on any atom is 0.255 e. The summed E-state index contributed by atoms with van der Waals surface area (Å²) in [6.45, 7) is 8.03. The van der Waals surface area contributed by atoms with E-state index in [1.165, 1.54) is 0 Å². The van der Waals surface area contributed by atoms with E-state index in [9.17, 15) is 19.2 Å². The number of hydrogen-bond donors (Lipinski definition) is 1. The number of nitrogens with zero attached hydrogens (tertiary/aromatic N) is 4. The lowest BCUT2D eigenvalue weighted by molar-refractivity contribution is -0.125. The van der Waals surface area contributed by atoms with Gasteiger partial charge in [-0.2, -0.15) is 0 Å². The van der Waals surface area contributed by atoms with Gasteiger partial charge in [-0.05, 0) is 62.0 Å². The number of rotatable bonds is 10. The van der Waals surface area contributed by atoms with E-state index in [0.717, 1.165) is 82.5 Å². The van der Waals surface area contributed by atoms with Crippen LogP contribution >= 0.6 is 0 Å². The summed E-state index contributed by atoms with van der Waals surface area (Å²) in [4.78, 5) is 55.7. The highest BCUT2D eigenvalue weighted by Crippen LogP contribution is 2.30. The highest BCUT2D eigenvalue weighted by molar-refractivity contribution is 6.01. The van der Waals surface area contributed by atoms with Crippen LogP contribution in [0.2, 0.25) is 0 Å². The molecule has 0 bridgehead atoms. The second-order valence-corrected chi connectivity index (χ2v) is 9.85. The SMILES string of the molecule is CNC(=O)C(CCC=O)N1Cc2cc(N3CCN(CC4CCN(CC=O)CC4)CC3)ccc2C1=O. The lowest BCUT2D eigenvalue weighted by Crippen LogP contribution is -2.49. The van der Waals surface area contributed by atoms with Crippen molar-refractivity contribution in [3.05, 3.63) is 29.3 Å². The maximum absolute atomic E-state index is 13.0. The number of aldehydes is 2. The summed E-state index contributed by atoms with van der Waals surface area (Å²) >= 11 is 0. The molecular formula is C26H37N5O4. The van der Waals surface area contributed by atoms with Crippen LogP contribution in [0.15, 0.2) is 18.2 Å². The van der Waals surface area contributed by atoms with Crippen molar-refractivity contribution in [2.45, 2.75) is 38.3 Å². The Bertz CT molecular complexity index is 922. The monoisotopic (exact) mass is 483 g/mol. The van der Waals surface area contributed by atoms with Gasteiger partial charge in [0.25, 0.3) is 5.91 Å². The number of likely N-dealkylation sites (N-methyl/N-ethyl adjacent to an activating group) is 1. The number of carbonyl (C=O) groups excluding carboxylic acids is 4. The molecule has 1 unspecified atom stereocenters. The van der Waals surface area contributed by atoms with Crippen molar-refractivity contribution in [2.75, 3.05) is 64.3 Å². The molecule has 35 heavy (non-hydrogen) atoms. The highest BCUT2D eigenvalue weighted by Gasteiger charge is 2.36. The Kier molecular flexibility index (Phi) is 8.51. The van der Waals surface area contributed by atoms with E-state index < -0.39 is 6.04 Å². The minimum absolute atomic E-state index is 0.143. The summed E-state index contributed by atoms with van der Waals surface area (Å²) in [6.07, 6.45) is 4.68. The van der Waals surface area contributed by atoms with E-state index in [1.54, 1.807) is 11.9 Å². The third-order valence-corrected chi connectivity index (χ3v) is 7.70. The van der Waals surface area contributed by atoms with Gasteiger partial charge in [0.05, 0.1) is 6.54 Å². The molecule has 0 aromatic heterocycles. The molecule has 1 atom stereocenters. The molecule has 0 spiro atoms. The van der Waals surface area contributed by atoms with Gasteiger partial charge in [0.15, 0.2) is 0 Å². The van der Waals surface area contributed by atoms with E-state index in [1.807, 2.05) is 12.1 Å². The zero-order valence-electron chi connectivity index (χ0n) is 20.7. The third kappa shape index (κ3) is 5.90. The number of benzene rings is 1. The number of piperidine rings is 1. The van der Waals surface area contributed by atoms with Gasteiger partial charge < -0.3 is 24.7 Å². The topological polar surface area (TPSA) is 93.3 Å². The van der Waals surface area contributed by atoms with Crippen molar-refractivity contribution in [1.82, 2.24) is 20.0 Å². The first-order valence-electron chi connectivity index (χ1n) is 12.8. The first-order chi connectivity index (χ1) is 17.0. The molecule has 3 aliphatic rings. The number of likely N-dealkylation sites (tertiary alicyclic amines) is 1. The van der Waals surface area contributed by atoms with Crippen LogP contribution in [0.3, 0.4) is 0 Å². The molecule has 2 amide bonds. The smallest absolute Gasteiger partial charge is 0.255 e. The van der Waals surface area contributed by atoms with E-state index >= 15 is 0 Å². The van der Waals surface area contributed by atoms with Crippen LogP contribution in [0.5, 0.6) is 0 Å². The Morgan fingerprint density at radius 2 is 1.80 bits per heavy atom. The normalized spacial score (nSPS) is 20.5. The average molecular weight is 484 g/mol. The fraction of sp³-hybridized carbons (Fsp3) is 0.615. The minimum atomic E-state index is -0.637. The van der Waals surface area contributed by atoms with Gasteiger partial charge in [-0.3, -0.25) is 19.4 Å². The van der Waals surface area contributed by atoms with E-state index in [2.05, 4.69) is 26.1 Å². The van der Waals surface area contributed by atoms with Crippen molar-refractivity contribution in [1.29, 1.82) is 0 Å². The molecule has 3 heterocycles. The number of nitrogens with one attached hydrogen (secondary N) is 1. The average Bonchev–Trinajstić information content (AvgIpc) is 3.21. The van der Waals surface area contributed by atoms with E-state index in [0.29, 0.717) is 31.0 Å². The quantitative estimate of drug-likeness (QED) is 0.492. The highest BCUT2D eigenvalue weighted by atomic mass is 16.2. The second-order valence-electron chi connectivity index (χ2n) is 9.85. The molecule has 0 saturated carbocycles. The van der Waals surface area contributed by atoms with E-state index in [4.69, 9.17) is 0 Å². The van der Waals surface area contributed by atoms with Crippen molar-refractivity contribution in [3.63, 3.8) is 0 Å². The molecule has 4 rings (SSSR count). The summed E-state index contributed by atoms with van der Waals surface area (Å²) < 4.78 is 0. The molecule has 1 aromatic carbocycles. The molecule has 3 aliphatic heterocycles. The predicted octanol–water partition coefficient (Wildman–Crippen LogP) is 0.769. The standard InChI is InChI=1S/C26H37N5O4/c1-27-25(34)24(3-2-15-32)31-19-21-17-22(4-5-23(21)26(31)35)30-12-10-29(11-13-30)18-20-6-8-28(9-7-20)14-16-33/h4-5,15-17,20,24H,2-3,6-14,18-19H2,1H3,(H,27,34). The van der Waals surface area contributed by atoms with Gasteiger partial charge in [0, 0.05) is 64.0 Å². The van der Waals surface area contributed by atoms with Crippen LogP contribution in [0, 0.1) is 5.92 Å². The molecule has 9 heteroatoms. The largest absolute Gasteiger partial charge is 0.369 e. The molecule has 1 aromatic rings. The Morgan fingerprint density at radius 1 is 1.06 bits per heavy atom. The van der Waals surface area contributed by atoms with Crippen LogP contribution in [0.1, 0.15) is 41.6 Å². The van der Waals surface area contributed by atoms with Gasteiger partial charge in [-0.15, -0.1) is 0 Å². The minimum Gasteiger partial charge on any atom is -0.369 e. The Labute approximate surface area is 207 Å². The zero-order chi connectivity index (χ0) is 24.8. The first-order valence-corrected chi connectivity index (χ1v) is 12.8. The third-order valence-electron chi connectivity index (χ3n) is 7.70. The fourth-order valence-corrected chi connectivity index (χ4v) is 5.61. The van der Waals surface area contributed by atoms with Gasteiger partial charge in [0.2, 0.25) is 5.91 Å². The summed E-state index contributed by atoms with van der Waals surface area (Å²) in [5, 5.41) is 2.62. The lowest BCUT2D eigenvalue weighted by Gasteiger charge is -2.39. The van der Waals surface area contributed by atoms with E-state index in [-0.39, 0.29) is 18.2 Å². The molecule has 2 saturated heterocycles. The van der Waals surface area contributed by atoms with Crippen LogP contribution in [0.4, 0.5) is 5.69 Å². The number of anilines is 1. The van der Waals surface area contributed by atoms with Crippen molar-refractivity contribution in [3.8, 4) is 0 Å². The first kappa shape index (κ1) is 25.3. The molecule has 0 aliphatic carbocycles. The molecule has 2 fully saturated rings. The van der Waals surface area contributed by atoms with Crippen LogP contribution in [0.25, 0.3) is 0 Å². The van der Waals surface area contributed by atoms with Gasteiger partial charge in [-0.25, -0.2) is 0 Å². The lowest BCUT2D eigenvalue weighted by atomic mass is 9.96. The number of carbonyl (C=O) groups is 4.